The van der Waals surface area contributed by atoms with Gasteiger partial charge in [0, 0.05) is 49.7 Å². The number of imidazole rings is 1. The maximum atomic E-state index is 12.8. The Bertz CT molecular complexity index is 818. The Balaban J connectivity index is 1.76. The van der Waals surface area contributed by atoms with Crippen molar-refractivity contribution < 1.29 is 13.2 Å². The molecule has 8 heteroatoms. The SMILES string of the molecule is CS(=O)(=O)N1CCCN(C(=O)c2cccc(-c3ncc[nH]3)c2)CC1. The first-order valence-electron chi connectivity index (χ1n) is 7.79. The van der Waals surface area contributed by atoms with Gasteiger partial charge in [0.2, 0.25) is 10.0 Å². The number of aromatic nitrogens is 2. The number of amides is 1. The van der Waals surface area contributed by atoms with E-state index < -0.39 is 10.0 Å². The lowest BCUT2D eigenvalue weighted by Gasteiger charge is -2.21. The van der Waals surface area contributed by atoms with Gasteiger partial charge in [-0.1, -0.05) is 12.1 Å². The van der Waals surface area contributed by atoms with Crippen molar-refractivity contribution in [3.8, 4) is 11.4 Å². The minimum atomic E-state index is -3.22. The fourth-order valence-electron chi connectivity index (χ4n) is 2.83. The maximum Gasteiger partial charge on any atom is 0.253 e. The smallest absolute Gasteiger partial charge is 0.253 e. The summed E-state index contributed by atoms with van der Waals surface area (Å²) in [6.07, 6.45) is 5.24. The second-order valence-electron chi connectivity index (χ2n) is 5.83. The van der Waals surface area contributed by atoms with E-state index in [2.05, 4.69) is 9.97 Å². The molecule has 1 aromatic heterocycles. The van der Waals surface area contributed by atoms with E-state index >= 15 is 0 Å². The van der Waals surface area contributed by atoms with Crippen LogP contribution in [0.3, 0.4) is 0 Å². The zero-order valence-electron chi connectivity index (χ0n) is 13.5. The first-order chi connectivity index (χ1) is 11.4. The Morgan fingerprint density at radius 2 is 2.04 bits per heavy atom. The van der Waals surface area contributed by atoms with Crippen molar-refractivity contribution in [1.29, 1.82) is 0 Å². The van der Waals surface area contributed by atoms with Gasteiger partial charge in [0.15, 0.2) is 0 Å². The van der Waals surface area contributed by atoms with E-state index in [0.717, 1.165) is 5.56 Å². The van der Waals surface area contributed by atoms with Crippen molar-refractivity contribution in [2.75, 3.05) is 32.4 Å². The number of nitrogens with one attached hydrogen (secondary N) is 1. The average Bonchev–Trinajstić information content (AvgIpc) is 2.97. The van der Waals surface area contributed by atoms with Crippen LogP contribution < -0.4 is 0 Å². The van der Waals surface area contributed by atoms with Gasteiger partial charge in [-0.2, -0.15) is 0 Å². The predicted molar refractivity (Wildman–Crippen MR) is 91.0 cm³/mol. The predicted octanol–water partition coefficient (Wildman–Crippen LogP) is 1.18. The molecule has 3 rings (SSSR count). The van der Waals surface area contributed by atoms with E-state index in [4.69, 9.17) is 0 Å². The molecule has 0 atom stereocenters. The lowest BCUT2D eigenvalue weighted by atomic mass is 10.1. The zero-order chi connectivity index (χ0) is 17.2. The average molecular weight is 348 g/mol. The van der Waals surface area contributed by atoms with E-state index in [-0.39, 0.29) is 5.91 Å². The molecule has 2 aromatic rings. The molecule has 0 spiro atoms. The summed E-state index contributed by atoms with van der Waals surface area (Å²) < 4.78 is 24.8. The van der Waals surface area contributed by atoms with Crippen LogP contribution in [0.1, 0.15) is 16.8 Å². The molecule has 1 aromatic carbocycles. The number of carbonyl (C=O) groups is 1. The van der Waals surface area contributed by atoms with Crippen LogP contribution in [0.15, 0.2) is 36.7 Å². The largest absolute Gasteiger partial charge is 0.345 e. The summed E-state index contributed by atoms with van der Waals surface area (Å²) in [5.41, 5.74) is 1.43. The van der Waals surface area contributed by atoms with Crippen LogP contribution >= 0.6 is 0 Å². The van der Waals surface area contributed by atoms with Gasteiger partial charge in [-0.25, -0.2) is 17.7 Å². The van der Waals surface area contributed by atoms with Crippen molar-refractivity contribution in [2.24, 2.45) is 0 Å². The lowest BCUT2D eigenvalue weighted by Crippen LogP contribution is -2.36. The fourth-order valence-corrected chi connectivity index (χ4v) is 3.71. The van der Waals surface area contributed by atoms with Crippen molar-refractivity contribution in [2.45, 2.75) is 6.42 Å². The molecule has 1 saturated heterocycles. The van der Waals surface area contributed by atoms with Crippen LogP contribution in [0, 0.1) is 0 Å². The maximum absolute atomic E-state index is 12.8. The Morgan fingerprint density at radius 3 is 2.75 bits per heavy atom. The van der Waals surface area contributed by atoms with Gasteiger partial charge in [0.25, 0.3) is 5.91 Å². The van der Waals surface area contributed by atoms with Gasteiger partial charge in [-0.3, -0.25) is 4.79 Å². The lowest BCUT2D eigenvalue weighted by molar-refractivity contribution is 0.0764. The molecule has 0 aliphatic carbocycles. The number of hydrogen-bond donors (Lipinski definition) is 1. The highest BCUT2D eigenvalue weighted by molar-refractivity contribution is 7.88. The van der Waals surface area contributed by atoms with Gasteiger partial charge in [0.1, 0.15) is 5.82 Å². The molecule has 7 nitrogen and oxygen atoms in total. The van der Waals surface area contributed by atoms with Crippen LogP contribution in [-0.2, 0) is 10.0 Å². The van der Waals surface area contributed by atoms with E-state index in [0.29, 0.717) is 44.0 Å². The molecule has 1 fully saturated rings. The van der Waals surface area contributed by atoms with E-state index in [1.54, 1.807) is 29.4 Å². The molecule has 0 bridgehead atoms. The summed E-state index contributed by atoms with van der Waals surface area (Å²) in [5, 5.41) is 0. The Labute approximate surface area is 141 Å². The highest BCUT2D eigenvalue weighted by atomic mass is 32.2. The number of sulfonamides is 1. The van der Waals surface area contributed by atoms with Crippen molar-refractivity contribution in [1.82, 2.24) is 19.2 Å². The summed E-state index contributed by atoms with van der Waals surface area (Å²) >= 11 is 0. The standard InChI is InChI=1S/C16H20N4O3S/c1-24(22,23)20-9-3-8-19(10-11-20)16(21)14-5-2-4-13(12-14)15-17-6-7-18-15/h2,4-7,12H,3,8-11H2,1H3,(H,17,18). The minimum Gasteiger partial charge on any atom is -0.345 e. The van der Waals surface area contributed by atoms with E-state index in [1.807, 2.05) is 12.1 Å². The second-order valence-corrected chi connectivity index (χ2v) is 7.81. The molecule has 0 saturated carbocycles. The van der Waals surface area contributed by atoms with Gasteiger partial charge >= 0.3 is 0 Å². The number of nitrogens with zero attached hydrogens (tertiary/aromatic N) is 3. The number of benzene rings is 1. The number of H-pyrrole nitrogens is 1. The van der Waals surface area contributed by atoms with Gasteiger partial charge < -0.3 is 9.88 Å². The summed E-state index contributed by atoms with van der Waals surface area (Å²) in [6.45, 7) is 1.74. The van der Waals surface area contributed by atoms with E-state index in [9.17, 15) is 13.2 Å². The van der Waals surface area contributed by atoms with Crippen LogP contribution in [-0.4, -0.2) is 65.9 Å². The molecule has 1 N–H and O–H groups in total. The fraction of sp³-hybridized carbons (Fsp3) is 0.375. The molecule has 2 heterocycles. The van der Waals surface area contributed by atoms with Crippen molar-refractivity contribution in [3.63, 3.8) is 0 Å². The molecule has 24 heavy (non-hydrogen) atoms. The second kappa shape index (κ2) is 6.74. The first kappa shape index (κ1) is 16.7. The minimum absolute atomic E-state index is 0.0845. The number of aromatic amines is 1. The molecule has 0 unspecified atom stereocenters. The van der Waals surface area contributed by atoms with Gasteiger partial charge in [0.05, 0.1) is 6.26 Å². The Morgan fingerprint density at radius 1 is 1.21 bits per heavy atom. The molecule has 128 valence electrons. The Kier molecular flexibility index (Phi) is 4.68. The van der Waals surface area contributed by atoms with Crippen LogP contribution in [0.4, 0.5) is 0 Å². The topological polar surface area (TPSA) is 86.4 Å². The highest BCUT2D eigenvalue weighted by Gasteiger charge is 2.24. The monoisotopic (exact) mass is 348 g/mol. The number of rotatable bonds is 3. The van der Waals surface area contributed by atoms with Crippen LogP contribution in [0.2, 0.25) is 0 Å². The molecule has 0 radical (unpaired) electrons. The highest BCUT2D eigenvalue weighted by Crippen LogP contribution is 2.18. The third kappa shape index (κ3) is 3.65. The van der Waals surface area contributed by atoms with Gasteiger partial charge in [-0.05, 0) is 18.6 Å². The third-order valence-corrected chi connectivity index (χ3v) is 5.40. The molecule has 1 amide bonds. The van der Waals surface area contributed by atoms with E-state index in [1.165, 1.54) is 10.6 Å². The Hall–Kier alpha value is -2.19. The third-order valence-electron chi connectivity index (χ3n) is 4.09. The van der Waals surface area contributed by atoms with Crippen molar-refractivity contribution >= 4 is 15.9 Å². The summed E-state index contributed by atoms with van der Waals surface area (Å²) in [6, 6.07) is 7.30. The molecular formula is C16H20N4O3S. The number of carbonyl (C=O) groups excluding carboxylic acids is 1. The van der Waals surface area contributed by atoms with Crippen molar-refractivity contribution in [3.05, 3.63) is 42.2 Å². The summed E-state index contributed by atoms with van der Waals surface area (Å²) in [5.74, 6) is 0.627. The molecule has 1 aliphatic heterocycles. The summed E-state index contributed by atoms with van der Waals surface area (Å²) in [7, 11) is -3.22. The molecule has 1 aliphatic rings. The van der Waals surface area contributed by atoms with Crippen LogP contribution in [0.25, 0.3) is 11.4 Å². The molecular weight excluding hydrogens is 328 g/mol. The normalized spacial score (nSPS) is 16.8. The zero-order valence-corrected chi connectivity index (χ0v) is 14.3. The van der Waals surface area contributed by atoms with Gasteiger partial charge in [-0.15, -0.1) is 0 Å². The summed E-state index contributed by atoms with van der Waals surface area (Å²) in [4.78, 5) is 21.7. The number of hydrogen-bond acceptors (Lipinski definition) is 4. The quantitative estimate of drug-likeness (QED) is 0.902. The first-order valence-corrected chi connectivity index (χ1v) is 9.64. The van der Waals surface area contributed by atoms with Crippen LogP contribution in [0.5, 0.6) is 0 Å².